The van der Waals surface area contributed by atoms with Crippen LogP contribution >= 0.6 is 0 Å². The summed E-state index contributed by atoms with van der Waals surface area (Å²) in [5, 5.41) is 21.4. The minimum absolute atomic E-state index is 0.0705. The molecule has 0 atom stereocenters. The number of phenolic OH excluding ortho intramolecular Hbond substituents is 1. The van der Waals surface area contributed by atoms with Crippen LogP contribution < -0.4 is 5.32 Å². The Balaban J connectivity index is 2.07. The van der Waals surface area contributed by atoms with Crippen molar-refractivity contribution in [2.45, 2.75) is 38.1 Å². The molecule has 0 unspecified atom stereocenters. The lowest BCUT2D eigenvalue weighted by atomic mass is 9.95. The zero-order valence-electron chi connectivity index (χ0n) is 11.3. The van der Waals surface area contributed by atoms with Crippen LogP contribution in [-0.4, -0.2) is 17.1 Å². The number of aromatic hydroxyl groups is 1. The largest absolute Gasteiger partial charge is 0.508 e. The molecule has 1 aliphatic carbocycles. The first-order valence-electron chi connectivity index (χ1n) is 6.91. The number of nitrogens with one attached hydrogen (secondary N) is 1. The number of rotatable bonds is 3. The second kappa shape index (κ2) is 6.76. The van der Waals surface area contributed by atoms with E-state index >= 15 is 0 Å². The predicted octanol–water partition coefficient (Wildman–Crippen LogP) is 2.75. The molecule has 0 bridgehead atoms. The fourth-order valence-corrected chi connectivity index (χ4v) is 2.44. The topological polar surface area (TPSA) is 73.1 Å². The van der Waals surface area contributed by atoms with E-state index in [-0.39, 0.29) is 23.3 Å². The molecular formula is C16H18N2O2. The van der Waals surface area contributed by atoms with Crippen molar-refractivity contribution in [3.63, 3.8) is 0 Å². The van der Waals surface area contributed by atoms with Crippen molar-refractivity contribution < 1.29 is 9.90 Å². The standard InChI is InChI=1S/C16H18N2O2/c17-11-13(9-12-5-4-8-15(19)10-12)16(20)18-14-6-2-1-3-7-14/h4-5,8-10,14,19H,1-3,6-7H2,(H,18,20). The molecule has 1 fully saturated rings. The molecule has 1 saturated carbocycles. The molecule has 0 aromatic heterocycles. The van der Waals surface area contributed by atoms with Gasteiger partial charge in [-0.1, -0.05) is 31.4 Å². The third-order valence-corrected chi connectivity index (χ3v) is 3.49. The second-order valence-electron chi connectivity index (χ2n) is 5.07. The van der Waals surface area contributed by atoms with Gasteiger partial charge in [0.25, 0.3) is 5.91 Å². The van der Waals surface area contributed by atoms with Gasteiger partial charge in [0.2, 0.25) is 0 Å². The highest BCUT2D eigenvalue weighted by Gasteiger charge is 2.17. The maximum Gasteiger partial charge on any atom is 0.262 e. The lowest BCUT2D eigenvalue weighted by Crippen LogP contribution is -2.36. The first-order chi connectivity index (χ1) is 9.69. The zero-order chi connectivity index (χ0) is 14.4. The van der Waals surface area contributed by atoms with Crippen molar-refractivity contribution in [1.82, 2.24) is 5.32 Å². The van der Waals surface area contributed by atoms with E-state index in [0.29, 0.717) is 5.56 Å². The van der Waals surface area contributed by atoms with Crippen LogP contribution in [0.4, 0.5) is 0 Å². The Bertz CT molecular complexity index is 552. The van der Waals surface area contributed by atoms with Crippen molar-refractivity contribution in [2.75, 3.05) is 0 Å². The van der Waals surface area contributed by atoms with E-state index in [1.807, 2.05) is 6.07 Å². The average Bonchev–Trinajstić information content (AvgIpc) is 2.46. The van der Waals surface area contributed by atoms with Crippen LogP contribution in [0.5, 0.6) is 5.75 Å². The monoisotopic (exact) mass is 270 g/mol. The molecule has 1 aromatic rings. The fourth-order valence-electron chi connectivity index (χ4n) is 2.44. The Morgan fingerprint density at radius 1 is 1.35 bits per heavy atom. The molecule has 2 N–H and O–H groups in total. The lowest BCUT2D eigenvalue weighted by Gasteiger charge is -2.22. The van der Waals surface area contributed by atoms with Gasteiger partial charge < -0.3 is 10.4 Å². The third kappa shape index (κ3) is 3.86. The fraction of sp³-hybridized carbons (Fsp3) is 0.375. The maximum atomic E-state index is 12.1. The van der Waals surface area contributed by atoms with Gasteiger partial charge in [-0.2, -0.15) is 5.26 Å². The molecule has 104 valence electrons. The van der Waals surface area contributed by atoms with E-state index in [1.54, 1.807) is 18.2 Å². The first-order valence-corrected chi connectivity index (χ1v) is 6.91. The number of phenols is 1. The van der Waals surface area contributed by atoms with Gasteiger partial charge >= 0.3 is 0 Å². The van der Waals surface area contributed by atoms with E-state index in [4.69, 9.17) is 5.26 Å². The van der Waals surface area contributed by atoms with Gasteiger partial charge in [0, 0.05) is 6.04 Å². The molecule has 0 heterocycles. The summed E-state index contributed by atoms with van der Waals surface area (Å²) < 4.78 is 0. The van der Waals surface area contributed by atoms with Crippen molar-refractivity contribution in [3.8, 4) is 11.8 Å². The van der Waals surface area contributed by atoms with Crippen LogP contribution in [0, 0.1) is 11.3 Å². The first kappa shape index (κ1) is 14.1. The van der Waals surface area contributed by atoms with Crippen LogP contribution in [0.1, 0.15) is 37.7 Å². The number of hydrogen-bond donors (Lipinski definition) is 2. The highest BCUT2D eigenvalue weighted by molar-refractivity contribution is 6.01. The minimum atomic E-state index is -0.331. The van der Waals surface area contributed by atoms with E-state index in [9.17, 15) is 9.90 Å². The Hall–Kier alpha value is -2.28. The van der Waals surface area contributed by atoms with E-state index < -0.39 is 0 Å². The molecule has 1 aliphatic rings. The van der Waals surface area contributed by atoms with E-state index in [2.05, 4.69) is 5.32 Å². The number of hydrogen-bond acceptors (Lipinski definition) is 3. The Morgan fingerprint density at radius 2 is 2.10 bits per heavy atom. The number of nitriles is 1. The van der Waals surface area contributed by atoms with E-state index in [0.717, 1.165) is 25.7 Å². The smallest absolute Gasteiger partial charge is 0.262 e. The van der Waals surface area contributed by atoms with Crippen molar-refractivity contribution in [3.05, 3.63) is 35.4 Å². The Labute approximate surface area is 118 Å². The van der Waals surface area contributed by atoms with Gasteiger partial charge in [0.1, 0.15) is 17.4 Å². The van der Waals surface area contributed by atoms with Crippen LogP contribution in [0.2, 0.25) is 0 Å². The normalized spacial score (nSPS) is 16.4. The second-order valence-corrected chi connectivity index (χ2v) is 5.07. The molecule has 4 heteroatoms. The Kier molecular flexibility index (Phi) is 4.78. The molecule has 4 nitrogen and oxygen atoms in total. The van der Waals surface area contributed by atoms with Crippen LogP contribution in [0.25, 0.3) is 6.08 Å². The van der Waals surface area contributed by atoms with Crippen molar-refractivity contribution in [1.29, 1.82) is 5.26 Å². The predicted molar refractivity (Wildman–Crippen MR) is 76.7 cm³/mol. The summed E-state index contributed by atoms with van der Waals surface area (Å²) in [5.74, 6) is -0.216. The van der Waals surface area contributed by atoms with Crippen LogP contribution in [0.15, 0.2) is 29.8 Å². The molecule has 1 amide bonds. The maximum absolute atomic E-state index is 12.1. The number of amides is 1. The summed E-state index contributed by atoms with van der Waals surface area (Å²) in [7, 11) is 0. The van der Waals surface area contributed by atoms with Gasteiger partial charge in [-0.3, -0.25) is 4.79 Å². The molecule has 2 rings (SSSR count). The van der Waals surface area contributed by atoms with Gasteiger partial charge in [0.15, 0.2) is 0 Å². The van der Waals surface area contributed by atoms with Crippen LogP contribution in [0.3, 0.4) is 0 Å². The molecule has 0 radical (unpaired) electrons. The number of carbonyl (C=O) groups is 1. The van der Waals surface area contributed by atoms with Gasteiger partial charge in [-0.25, -0.2) is 0 Å². The number of benzene rings is 1. The highest BCUT2D eigenvalue weighted by Crippen LogP contribution is 2.18. The molecule has 1 aromatic carbocycles. The number of nitrogens with zero attached hydrogens (tertiary/aromatic N) is 1. The van der Waals surface area contributed by atoms with Gasteiger partial charge in [0.05, 0.1) is 0 Å². The summed E-state index contributed by atoms with van der Waals surface area (Å²) in [6.45, 7) is 0. The zero-order valence-corrected chi connectivity index (χ0v) is 11.3. The summed E-state index contributed by atoms with van der Waals surface area (Å²) in [5.41, 5.74) is 0.710. The highest BCUT2D eigenvalue weighted by atomic mass is 16.3. The lowest BCUT2D eigenvalue weighted by molar-refractivity contribution is -0.117. The molecular weight excluding hydrogens is 252 g/mol. The average molecular weight is 270 g/mol. The van der Waals surface area contributed by atoms with E-state index in [1.165, 1.54) is 18.6 Å². The Morgan fingerprint density at radius 3 is 2.75 bits per heavy atom. The van der Waals surface area contributed by atoms with Crippen molar-refractivity contribution in [2.24, 2.45) is 0 Å². The summed E-state index contributed by atoms with van der Waals surface area (Å²) in [6.07, 6.45) is 6.94. The summed E-state index contributed by atoms with van der Waals surface area (Å²) in [6, 6.07) is 8.59. The minimum Gasteiger partial charge on any atom is -0.508 e. The molecule has 0 saturated heterocycles. The molecule has 0 aliphatic heterocycles. The molecule has 20 heavy (non-hydrogen) atoms. The van der Waals surface area contributed by atoms with Gasteiger partial charge in [-0.05, 0) is 36.6 Å². The van der Waals surface area contributed by atoms with Gasteiger partial charge in [-0.15, -0.1) is 0 Å². The summed E-state index contributed by atoms with van der Waals surface area (Å²) >= 11 is 0. The molecule has 0 spiro atoms. The van der Waals surface area contributed by atoms with Crippen LogP contribution in [-0.2, 0) is 4.79 Å². The third-order valence-electron chi connectivity index (χ3n) is 3.49. The SMILES string of the molecule is N#CC(=Cc1cccc(O)c1)C(=O)NC1CCCCC1. The van der Waals surface area contributed by atoms with Crippen molar-refractivity contribution >= 4 is 12.0 Å². The quantitative estimate of drug-likeness (QED) is 0.655. The summed E-state index contributed by atoms with van der Waals surface area (Å²) in [4.78, 5) is 12.1. The number of carbonyl (C=O) groups excluding carboxylic acids is 1.